The summed E-state index contributed by atoms with van der Waals surface area (Å²) in [5.74, 6) is 0.933. The van der Waals surface area contributed by atoms with E-state index in [0.717, 1.165) is 5.92 Å². The van der Waals surface area contributed by atoms with E-state index in [0.29, 0.717) is 5.16 Å². The third-order valence-electron chi connectivity index (χ3n) is 5.04. The van der Waals surface area contributed by atoms with Crippen LogP contribution in [-0.2, 0) is 0 Å². The first-order valence-electron chi connectivity index (χ1n) is 9.93. The van der Waals surface area contributed by atoms with Crippen molar-refractivity contribution in [3.8, 4) is 0 Å². The average Bonchev–Trinajstić information content (AvgIpc) is 2.45. The van der Waals surface area contributed by atoms with Gasteiger partial charge in [0, 0.05) is 0 Å². The molecule has 0 aromatic carbocycles. The molecule has 22 heavy (non-hydrogen) atoms. The Morgan fingerprint density at radius 3 is 1.59 bits per heavy atom. The third-order valence-corrected chi connectivity index (χ3v) is 6.09. The van der Waals surface area contributed by atoms with Crippen LogP contribution in [0.4, 0.5) is 0 Å². The molecule has 0 aliphatic rings. The normalized spacial score (nSPS) is 13.0. The number of halogens is 1. The highest BCUT2D eigenvalue weighted by Gasteiger charge is 2.31. The number of unbranched alkanes of at least 4 members (excludes halogenated alkanes) is 6. The largest absolute Gasteiger partial charge is 0.147 e. The monoisotopic (exact) mass is 350 g/mol. The van der Waals surface area contributed by atoms with Gasteiger partial charge < -0.3 is 0 Å². The van der Waals surface area contributed by atoms with Crippen molar-refractivity contribution in [3.05, 3.63) is 0 Å². The smallest absolute Gasteiger partial charge is 0.0122 e. The molecule has 2 heteroatoms. The Morgan fingerprint density at radius 2 is 1.14 bits per heavy atom. The summed E-state index contributed by atoms with van der Waals surface area (Å²) in [5.41, 5.74) is 0. The minimum absolute atomic E-state index is 0. The van der Waals surface area contributed by atoms with Crippen LogP contribution in [0, 0.1) is 5.92 Å². The summed E-state index contributed by atoms with van der Waals surface area (Å²) < 4.78 is 0. The number of rotatable bonds is 15. The molecule has 0 aromatic heterocycles. The number of hydrogen-bond acceptors (Lipinski definition) is 0. The van der Waals surface area contributed by atoms with Crippen LogP contribution in [0.15, 0.2) is 0 Å². The Hall–Kier alpha value is 0.720. The first-order chi connectivity index (χ1) is 10.1. The van der Waals surface area contributed by atoms with Crippen molar-refractivity contribution in [2.45, 2.75) is 123 Å². The lowest BCUT2D eigenvalue weighted by molar-refractivity contribution is 0.284. The van der Waals surface area contributed by atoms with E-state index in [1.54, 1.807) is 0 Å². The van der Waals surface area contributed by atoms with Crippen molar-refractivity contribution >= 4 is 21.6 Å². The summed E-state index contributed by atoms with van der Waals surface area (Å²) >= 11 is 0. The van der Waals surface area contributed by atoms with Crippen LogP contribution in [0.25, 0.3) is 0 Å². The van der Waals surface area contributed by atoms with Crippen LogP contribution >= 0.6 is 21.6 Å². The molecule has 0 fully saturated rings. The molecule has 2 atom stereocenters. The molecule has 0 N–H and O–H groups in total. The lowest BCUT2D eigenvalue weighted by Crippen LogP contribution is -2.31. The average molecular weight is 351 g/mol. The summed E-state index contributed by atoms with van der Waals surface area (Å²) in [6.07, 6.45) is 19.8. The predicted molar refractivity (Wildman–Crippen MR) is 111 cm³/mol. The topological polar surface area (TPSA) is 0 Å². The minimum atomic E-state index is 0. The Morgan fingerprint density at radius 1 is 0.636 bits per heavy atom. The summed E-state index contributed by atoms with van der Waals surface area (Å²) in [7, 11) is 3.29. The Bertz CT molecular complexity index is 212. The van der Waals surface area contributed by atoms with Crippen LogP contribution < -0.4 is 0 Å². The van der Waals surface area contributed by atoms with Gasteiger partial charge >= 0.3 is 0 Å². The van der Waals surface area contributed by atoms with E-state index < -0.39 is 0 Å². The maximum atomic E-state index is 3.29. The van der Waals surface area contributed by atoms with Gasteiger partial charge in [-0.2, -0.15) is 0 Å². The lowest BCUT2D eigenvalue weighted by Gasteiger charge is -2.38. The van der Waals surface area contributed by atoms with E-state index >= 15 is 0 Å². The lowest BCUT2D eigenvalue weighted by atomic mass is 9.78. The second kappa shape index (κ2) is 16.6. The van der Waals surface area contributed by atoms with E-state index in [9.17, 15) is 0 Å². The molecule has 0 bridgehead atoms. The van der Waals surface area contributed by atoms with Gasteiger partial charge in [0.15, 0.2) is 0 Å². The van der Waals surface area contributed by atoms with Crippen molar-refractivity contribution < 1.29 is 0 Å². The second-order valence-corrected chi connectivity index (χ2v) is 8.28. The zero-order valence-corrected chi connectivity index (χ0v) is 17.9. The van der Waals surface area contributed by atoms with Gasteiger partial charge in [0.25, 0.3) is 0 Å². The zero-order valence-electron chi connectivity index (χ0n) is 16.0. The maximum Gasteiger partial charge on any atom is -0.0122 e. The summed E-state index contributed by atoms with van der Waals surface area (Å²) in [5, 5.41) is 0.529. The van der Waals surface area contributed by atoms with Gasteiger partial charge in [0.05, 0.1) is 0 Å². The Kier molecular flexibility index (Phi) is 18.8. The maximum absolute atomic E-state index is 3.29. The first kappa shape index (κ1) is 25.0. The van der Waals surface area contributed by atoms with Crippen LogP contribution in [-0.4, -0.2) is 5.16 Å². The molecule has 0 heterocycles. The predicted octanol–water partition coefficient (Wildman–Crippen LogP) is 8.18. The summed E-state index contributed by atoms with van der Waals surface area (Å²) in [6.45, 7) is 9.37. The molecule has 0 spiro atoms. The quantitative estimate of drug-likeness (QED) is 0.206. The molecule has 0 aliphatic heterocycles. The number of hydrogen-bond donors (Lipinski definition) is 0. The fourth-order valence-electron chi connectivity index (χ4n) is 3.88. The molecule has 0 radical (unpaired) electrons. The van der Waals surface area contributed by atoms with Gasteiger partial charge in [-0.25, -0.2) is 0 Å². The molecule has 0 nitrogen and oxygen atoms in total. The van der Waals surface area contributed by atoms with Crippen molar-refractivity contribution in [1.29, 1.82) is 0 Å². The Labute approximate surface area is 150 Å². The first-order valence-corrected chi connectivity index (χ1v) is 10.5. The van der Waals surface area contributed by atoms with Gasteiger partial charge in [-0.15, -0.1) is 21.6 Å². The van der Waals surface area contributed by atoms with Gasteiger partial charge in [-0.3, -0.25) is 0 Å². The van der Waals surface area contributed by atoms with Gasteiger partial charge in [-0.05, 0) is 36.8 Å². The molecular weight excluding hydrogens is 307 g/mol. The van der Waals surface area contributed by atoms with Crippen molar-refractivity contribution in [3.63, 3.8) is 0 Å². The minimum Gasteiger partial charge on any atom is -0.147 e. The molecule has 0 amide bonds. The standard InChI is InChI=1S/C20H43P.ClH/c1-5-9-10-11-12-13-14-16-19(15-6-2)20(21,17-7-3)18-8-4;/h19H,5-18,21H2,1-4H3;1H. The van der Waals surface area contributed by atoms with Crippen LogP contribution in [0.2, 0.25) is 0 Å². The summed E-state index contributed by atoms with van der Waals surface area (Å²) in [6, 6.07) is 0. The SMILES string of the molecule is CCCCCCCCCC(CCC)C(P)(CCC)CCC.Cl. The zero-order chi connectivity index (χ0) is 16.0. The van der Waals surface area contributed by atoms with Gasteiger partial charge in [0.2, 0.25) is 0 Å². The summed E-state index contributed by atoms with van der Waals surface area (Å²) in [4.78, 5) is 0. The molecule has 2 unspecified atom stereocenters. The van der Waals surface area contributed by atoms with E-state index in [-0.39, 0.29) is 12.4 Å². The van der Waals surface area contributed by atoms with E-state index in [4.69, 9.17) is 0 Å². The molecule has 0 rings (SSSR count). The van der Waals surface area contributed by atoms with Crippen LogP contribution in [0.3, 0.4) is 0 Å². The van der Waals surface area contributed by atoms with E-state index in [1.165, 1.54) is 89.9 Å². The van der Waals surface area contributed by atoms with Gasteiger partial charge in [-0.1, -0.05) is 91.9 Å². The highest BCUT2D eigenvalue weighted by Crippen LogP contribution is 2.42. The second-order valence-electron chi connectivity index (χ2n) is 7.13. The van der Waals surface area contributed by atoms with E-state index in [1.807, 2.05) is 0 Å². The van der Waals surface area contributed by atoms with Crippen LogP contribution in [0.5, 0.6) is 0 Å². The van der Waals surface area contributed by atoms with E-state index in [2.05, 4.69) is 36.9 Å². The van der Waals surface area contributed by atoms with Crippen molar-refractivity contribution in [2.75, 3.05) is 0 Å². The Balaban J connectivity index is 0. The van der Waals surface area contributed by atoms with Crippen LogP contribution in [0.1, 0.15) is 118 Å². The highest BCUT2D eigenvalue weighted by molar-refractivity contribution is 7.19. The van der Waals surface area contributed by atoms with Crippen molar-refractivity contribution in [1.82, 2.24) is 0 Å². The molecule has 136 valence electrons. The fourth-order valence-corrected chi connectivity index (χ4v) is 4.79. The third kappa shape index (κ3) is 11.3. The molecule has 0 saturated carbocycles. The molecule has 0 saturated heterocycles. The molecule has 0 aromatic rings. The highest BCUT2D eigenvalue weighted by atomic mass is 35.5. The van der Waals surface area contributed by atoms with Crippen molar-refractivity contribution in [2.24, 2.45) is 5.92 Å². The molecular formula is C20H44ClP. The fraction of sp³-hybridized carbons (Fsp3) is 1.00. The molecule has 0 aliphatic carbocycles. The van der Waals surface area contributed by atoms with Gasteiger partial charge in [0.1, 0.15) is 0 Å².